The average molecular weight is 643 g/mol. The minimum Gasteiger partial charge on any atom is -0.490 e. The number of esters is 1. The molecule has 2 aliphatic heterocycles. The molecule has 4 aliphatic rings. The lowest BCUT2D eigenvalue weighted by atomic mass is 9.68. The Balaban J connectivity index is 1.40. The summed E-state index contributed by atoms with van der Waals surface area (Å²) >= 11 is 6.38. The van der Waals surface area contributed by atoms with Gasteiger partial charge in [0.15, 0.2) is 0 Å². The van der Waals surface area contributed by atoms with E-state index >= 15 is 0 Å². The lowest BCUT2D eigenvalue weighted by molar-refractivity contribution is -0.140. The van der Waals surface area contributed by atoms with Gasteiger partial charge in [0.2, 0.25) is 10.0 Å². The van der Waals surface area contributed by atoms with E-state index < -0.39 is 33.3 Å². The van der Waals surface area contributed by atoms with Gasteiger partial charge in [-0.3, -0.25) is 9.59 Å². The Morgan fingerprint density at radius 1 is 1.20 bits per heavy atom. The van der Waals surface area contributed by atoms with Gasteiger partial charge in [0.25, 0.3) is 5.91 Å². The molecule has 2 aromatic rings. The number of nitrogens with one attached hydrogen (secondary N) is 1. The number of hydrogen-bond acceptors (Lipinski definition) is 8. The molecule has 5 atom stereocenters. The van der Waals surface area contributed by atoms with Crippen LogP contribution in [0.15, 0.2) is 48.6 Å². The third-order valence-corrected chi connectivity index (χ3v) is 11.9. The Morgan fingerprint density at radius 3 is 2.82 bits per heavy atom. The first-order valence-electron chi connectivity index (χ1n) is 15.4. The van der Waals surface area contributed by atoms with E-state index in [2.05, 4.69) is 15.7 Å². The summed E-state index contributed by atoms with van der Waals surface area (Å²) in [4.78, 5) is 27.8. The van der Waals surface area contributed by atoms with E-state index in [1.165, 1.54) is 18.2 Å². The summed E-state index contributed by atoms with van der Waals surface area (Å²) < 4.78 is 40.2. The number of carbonyl (C=O) groups excluding carboxylic acids is 2. The molecular formula is C33H39ClN2O7S. The molecular weight excluding hydrogens is 604 g/mol. The number of carbonyl (C=O) groups is 2. The smallest absolute Gasteiger partial charge is 0.306 e. The van der Waals surface area contributed by atoms with Crippen LogP contribution in [0.1, 0.15) is 66.4 Å². The zero-order valence-electron chi connectivity index (χ0n) is 24.8. The highest BCUT2D eigenvalue weighted by Gasteiger charge is 2.44. The third kappa shape index (κ3) is 6.08. The average Bonchev–Trinajstić information content (AvgIpc) is 3.12. The molecule has 0 aromatic heterocycles. The molecule has 1 saturated carbocycles. The molecule has 2 aromatic carbocycles. The number of hydrogen-bond donors (Lipinski definition) is 2. The van der Waals surface area contributed by atoms with Gasteiger partial charge in [0.1, 0.15) is 5.75 Å². The molecule has 2 heterocycles. The monoisotopic (exact) mass is 642 g/mol. The molecule has 1 spiro atoms. The number of amides is 1. The van der Waals surface area contributed by atoms with Gasteiger partial charge in [-0.1, -0.05) is 29.8 Å². The second-order valence-corrected chi connectivity index (χ2v) is 15.1. The van der Waals surface area contributed by atoms with Crippen molar-refractivity contribution in [2.45, 2.75) is 68.1 Å². The van der Waals surface area contributed by atoms with E-state index in [9.17, 15) is 23.1 Å². The molecule has 44 heavy (non-hydrogen) atoms. The van der Waals surface area contributed by atoms with Crippen molar-refractivity contribution in [2.75, 3.05) is 31.7 Å². The number of allylic oxidation sites excluding steroid dienone is 1. The Labute approximate surface area is 263 Å². The number of nitrogens with zero attached hydrogens (tertiary/aromatic N) is 1. The molecule has 2 N–H and O–H groups in total. The first-order valence-corrected chi connectivity index (χ1v) is 17.3. The molecule has 6 rings (SSSR count). The van der Waals surface area contributed by atoms with Crippen LogP contribution in [-0.4, -0.2) is 63.6 Å². The number of rotatable bonds is 2. The van der Waals surface area contributed by atoms with Gasteiger partial charge in [0, 0.05) is 29.1 Å². The Morgan fingerprint density at radius 2 is 2.05 bits per heavy atom. The number of benzene rings is 2. The lowest BCUT2D eigenvalue weighted by Crippen LogP contribution is -2.49. The highest BCUT2D eigenvalue weighted by Crippen LogP contribution is 2.46. The van der Waals surface area contributed by atoms with Gasteiger partial charge in [-0.25, -0.2) is 13.1 Å². The minimum absolute atomic E-state index is 0.0567. The van der Waals surface area contributed by atoms with Crippen LogP contribution in [-0.2, 0) is 31.4 Å². The van der Waals surface area contributed by atoms with E-state index in [0.29, 0.717) is 36.9 Å². The van der Waals surface area contributed by atoms with Crippen molar-refractivity contribution < 1.29 is 32.6 Å². The molecule has 1 amide bonds. The molecule has 0 saturated heterocycles. The molecule has 1 fully saturated rings. The van der Waals surface area contributed by atoms with Crippen LogP contribution in [0.4, 0.5) is 5.69 Å². The zero-order valence-corrected chi connectivity index (χ0v) is 26.4. The van der Waals surface area contributed by atoms with Crippen LogP contribution in [0.2, 0.25) is 5.02 Å². The fourth-order valence-corrected chi connectivity index (χ4v) is 8.92. The van der Waals surface area contributed by atoms with Crippen molar-refractivity contribution in [3.8, 4) is 5.75 Å². The van der Waals surface area contributed by atoms with Gasteiger partial charge < -0.3 is 19.5 Å². The molecule has 236 valence electrons. The maximum absolute atomic E-state index is 13.4. The number of aliphatic hydroxyl groups excluding tert-OH is 1. The lowest BCUT2D eigenvalue weighted by Gasteiger charge is -2.45. The number of aliphatic hydroxyl groups is 1. The molecule has 2 bridgehead atoms. The van der Waals surface area contributed by atoms with E-state index in [0.717, 1.165) is 37.8 Å². The summed E-state index contributed by atoms with van der Waals surface area (Å²) in [5.41, 5.74) is 3.05. The Hall–Kier alpha value is -3.08. The molecule has 0 unspecified atom stereocenters. The summed E-state index contributed by atoms with van der Waals surface area (Å²) in [6, 6.07) is 11.1. The summed E-state index contributed by atoms with van der Waals surface area (Å²) in [7, 11) is -3.03. The zero-order chi connectivity index (χ0) is 31.1. The van der Waals surface area contributed by atoms with Gasteiger partial charge in [-0.2, -0.15) is 0 Å². The highest BCUT2D eigenvalue weighted by molar-refractivity contribution is 7.90. The van der Waals surface area contributed by atoms with Gasteiger partial charge in [0.05, 0.1) is 37.2 Å². The third-order valence-electron chi connectivity index (χ3n) is 9.95. The van der Waals surface area contributed by atoms with E-state index in [-0.39, 0.29) is 35.7 Å². The summed E-state index contributed by atoms with van der Waals surface area (Å²) in [5.74, 6) is -0.533. The fraction of sp³-hybridized carbons (Fsp3) is 0.515. The predicted molar refractivity (Wildman–Crippen MR) is 168 cm³/mol. The van der Waals surface area contributed by atoms with Crippen LogP contribution in [0.5, 0.6) is 5.75 Å². The minimum atomic E-state index is -4.23. The number of halogens is 1. The number of ether oxygens (including phenoxy) is 2. The quantitative estimate of drug-likeness (QED) is 0.362. The van der Waals surface area contributed by atoms with Crippen LogP contribution in [0, 0.1) is 11.8 Å². The van der Waals surface area contributed by atoms with Crippen LogP contribution >= 0.6 is 11.6 Å². The Bertz CT molecular complexity index is 1580. The van der Waals surface area contributed by atoms with Gasteiger partial charge >= 0.3 is 5.97 Å². The normalized spacial score (nSPS) is 30.4. The van der Waals surface area contributed by atoms with E-state index in [4.69, 9.17) is 21.1 Å². The molecule has 9 nitrogen and oxygen atoms in total. The standard InChI is InChI=1S/C33H39ClN2O7S/c1-42-31(38)17-25-6-2-3-7-29(37)26-11-8-23(26)18-36-19-33(14-4-5-21-15-24(34)10-12-27(21)33)20-43-30-13-9-22(16-28(30)36)32(39)35-44(25,40)41/h3,7,9-10,12-13,15-16,23,25-26,29,37H,2,4-6,8,11,14,17-20H2,1H3,(H,35,39)/b7-3-/t23-,25+,26+,29-,33-/m0/s1. The van der Waals surface area contributed by atoms with Crippen molar-refractivity contribution in [3.63, 3.8) is 0 Å². The topological polar surface area (TPSA) is 122 Å². The largest absolute Gasteiger partial charge is 0.490 e. The number of fused-ring (bicyclic) bond motifs is 4. The van der Waals surface area contributed by atoms with Crippen molar-refractivity contribution in [3.05, 3.63) is 70.3 Å². The number of sulfonamides is 1. The van der Waals surface area contributed by atoms with Crippen molar-refractivity contribution in [1.82, 2.24) is 4.72 Å². The van der Waals surface area contributed by atoms with Gasteiger partial charge in [-0.05, 0) is 98.2 Å². The Kier molecular flexibility index (Phi) is 8.69. The summed E-state index contributed by atoms with van der Waals surface area (Å²) in [6.45, 7) is 1.77. The second kappa shape index (κ2) is 12.4. The van der Waals surface area contributed by atoms with Crippen LogP contribution in [0.3, 0.4) is 0 Å². The predicted octanol–water partition coefficient (Wildman–Crippen LogP) is 4.54. The van der Waals surface area contributed by atoms with Crippen molar-refractivity contribution >= 4 is 39.2 Å². The number of methoxy groups -OCH3 is 1. The number of anilines is 1. The maximum atomic E-state index is 13.4. The van der Waals surface area contributed by atoms with Crippen molar-refractivity contribution in [1.29, 1.82) is 0 Å². The number of aryl methyl sites for hydroxylation is 1. The van der Waals surface area contributed by atoms with Crippen LogP contribution in [0.25, 0.3) is 0 Å². The van der Waals surface area contributed by atoms with Gasteiger partial charge in [-0.15, -0.1) is 0 Å². The molecule has 11 heteroatoms. The SMILES string of the molecule is COC(=O)C[C@H]1CC/C=C\[C@H](O)[C@@H]2CC[C@H]2CN2C[C@@]3(CCCc4cc(Cl)ccc43)COc3ccc(cc32)C(=O)NS1(=O)=O. The fourth-order valence-electron chi connectivity index (χ4n) is 7.38. The van der Waals surface area contributed by atoms with E-state index in [1.54, 1.807) is 30.4 Å². The van der Waals surface area contributed by atoms with Crippen LogP contribution < -0.4 is 14.4 Å². The second-order valence-electron chi connectivity index (χ2n) is 12.7. The summed E-state index contributed by atoms with van der Waals surface area (Å²) in [6.07, 6.45) is 7.60. The first-order chi connectivity index (χ1) is 21.1. The van der Waals surface area contributed by atoms with Crippen molar-refractivity contribution in [2.24, 2.45) is 11.8 Å². The maximum Gasteiger partial charge on any atom is 0.306 e. The highest BCUT2D eigenvalue weighted by atomic mass is 35.5. The summed E-state index contributed by atoms with van der Waals surface area (Å²) in [5, 5.41) is 10.7. The molecule has 0 radical (unpaired) electrons. The van der Waals surface area contributed by atoms with E-state index in [1.807, 2.05) is 12.1 Å². The molecule has 2 aliphatic carbocycles. The first kappa shape index (κ1) is 30.9.